The number of amides is 1. The van der Waals surface area contributed by atoms with Crippen LogP contribution in [0.5, 0.6) is 5.75 Å². The van der Waals surface area contributed by atoms with Crippen LogP contribution in [-0.2, 0) is 12.7 Å². The number of hydrogen-bond acceptors (Lipinski definition) is 6. The molecule has 0 bridgehead atoms. The molecular formula is C28H27F3N6O2. The normalized spacial score (nSPS) is 13.7. The smallest absolute Gasteiger partial charge is 0.416 e. The van der Waals surface area contributed by atoms with Crippen LogP contribution in [-0.4, -0.2) is 51.0 Å². The number of likely N-dealkylation sites (tertiary alicyclic amines) is 1. The lowest BCUT2D eigenvalue weighted by Gasteiger charge is -2.31. The molecule has 1 amide bonds. The molecule has 3 heterocycles. The minimum atomic E-state index is -4.53. The van der Waals surface area contributed by atoms with Gasteiger partial charge in [-0.3, -0.25) is 14.7 Å². The molecule has 0 atom stereocenters. The van der Waals surface area contributed by atoms with E-state index >= 15 is 0 Å². The van der Waals surface area contributed by atoms with Gasteiger partial charge in [-0.25, -0.2) is 4.68 Å². The van der Waals surface area contributed by atoms with Gasteiger partial charge in [-0.1, -0.05) is 11.3 Å². The molecule has 1 aliphatic heterocycles. The number of nitrogens with one attached hydrogen (secondary N) is 1. The zero-order valence-electron chi connectivity index (χ0n) is 21.7. The van der Waals surface area contributed by atoms with Crippen LogP contribution < -0.4 is 10.1 Å². The number of carbonyl (C=O) groups is 1. The molecule has 202 valence electrons. The monoisotopic (exact) mass is 536 g/mol. The molecule has 2 aromatic carbocycles. The molecule has 0 unspecified atom stereocenters. The van der Waals surface area contributed by atoms with Crippen molar-refractivity contribution >= 4 is 11.6 Å². The van der Waals surface area contributed by atoms with E-state index in [9.17, 15) is 18.0 Å². The first-order valence-electron chi connectivity index (χ1n) is 12.4. The lowest BCUT2D eigenvalue weighted by Crippen LogP contribution is -2.36. The summed E-state index contributed by atoms with van der Waals surface area (Å²) in [5.41, 5.74) is 3.06. The van der Waals surface area contributed by atoms with E-state index in [-0.39, 0.29) is 16.8 Å². The van der Waals surface area contributed by atoms with Crippen molar-refractivity contribution in [2.75, 3.05) is 25.5 Å². The average molecular weight is 537 g/mol. The third-order valence-corrected chi connectivity index (χ3v) is 6.88. The van der Waals surface area contributed by atoms with Crippen molar-refractivity contribution < 1.29 is 22.7 Å². The molecule has 1 aliphatic rings. The summed E-state index contributed by atoms with van der Waals surface area (Å²) in [6, 6.07) is 9.41. The van der Waals surface area contributed by atoms with Crippen LogP contribution in [0.15, 0.2) is 55.0 Å². The van der Waals surface area contributed by atoms with Gasteiger partial charge in [-0.15, -0.1) is 5.10 Å². The molecule has 0 radical (unpaired) electrons. The Bertz CT molecular complexity index is 1530. The van der Waals surface area contributed by atoms with Crippen molar-refractivity contribution in [1.82, 2.24) is 24.9 Å². The molecule has 39 heavy (non-hydrogen) atoms. The Morgan fingerprint density at radius 1 is 1.10 bits per heavy atom. The van der Waals surface area contributed by atoms with Gasteiger partial charge in [0.25, 0.3) is 5.91 Å². The number of benzene rings is 2. The molecule has 11 heteroatoms. The van der Waals surface area contributed by atoms with Gasteiger partial charge < -0.3 is 10.1 Å². The molecule has 0 spiro atoms. The third-order valence-electron chi connectivity index (χ3n) is 6.88. The minimum absolute atomic E-state index is 0.101. The van der Waals surface area contributed by atoms with Crippen LogP contribution in [0.25, 0.3) is 16.9 Å². The summed E-state index contributed by atoms with van der Waals surface area (Å²) in [5, 5.41) is 11.1. The number of alkyl halides is 3. The molecule has 0 saturated carbocycles. The topological polar surface area (TPSA) is 85.2 Å². The largest absolute Gasteiger partial charge is 0.495 e. The number of pyridine rings is 1. The standard InChI is InChI=1S/C28H27F3N6O2/c1-17-5-6-19(11-26(17)37-16-25(34-35-37)20-10-23(39-3)14-32-13-20)27(38)33-22-9-21(15-36-7-4-8-36)18(2)24(12-22)28(29,30)31/h5-6,9-14,16H,4,7-8,15H2,1-3H3,(H,33,38). The highest BCUT2D eigenvalue weighted by atomic mass is 19.4. The first-order chi connectivity index (χ1) is 18.6. The molecule has 4 aromatic rings. The fourth-order valence-corrected chi connectivity index (χ4v) is 4.47. The predicted molar refractivity (Wildman–Crippen MR) is 140 cm³/mol. The SMILES string of the molecule is COc1cncc(-c2cn(-c3cc(C(=O)Nc4cc(CN5CCC5)c(C)c(C(F)(F)F)c4)ccc3C)nn2)c1. The molecule has 1 saturated heterocycles. The lowest BCUT2D eigenvalue weighted by atomic mass is 9.99. The highest BCUT2D eigenvalue weighted by molar-refractivity contribution is 6.04. The van der Waals surface area contributed by atoms with Gasteiger partial charge in [0.1, 0.15) is 11.4 Å². The number of halogens is 3. The second kappa shape index (κ2) is 10.5. The number of hydrogen-bond donors (Lipinski definition) is 1. The Kier molecular flexibility index (Phi) is 7.09. The zero-order valence-corrected chi connectivity index (χ0v) is 21.7. The van der Waals surface area contributed by atoms with E-state index in [4.69, 9.17) is 4.74 Å². The number of methoxy groups -OCH3 is 1. The third kappa shape index (κ3) is 5.63. The van der Waals surface area contributed by atoms with Gasteiger partial charge >= 0.3 is 6.18 Å². The van der Waals surface area contributed by atoms with Crippen molar-refractivity contribution in [3.8, 4) is 22.7 Å². The first-order valence-corrected chi connectivity index (χ1v) is 12.4. The van der Waals surface area contributed by atoms with Crippen molar-refractivity contribution in [1.29, 1.82) is 0 Å². The summed E-state index contributed by atoms with van der Waals surface area (Å²) in [7, 11) is 1.55. The summed E-state index contributed by atoms with van der Waals surface area (Å²) >= 11 is 0. The van der Waals surface area contributed by atoms with E-state index in [0.29, 0.717) is 34.8 Å². The Morgan fingerprint density at radius 2 is 1.90 bits per heavy atom. The fourth-order valence-electron chi connectivity index (χ4n) is 4.47. The maximum atomic E-state index is 13.8. The molecule has 8 nitrogen and oxygen atoms in total. The predicted octanol–water partition coefficient (Wildman–Crippen LogP) is 5.43. The van der Waals surface area contributed by atoms with Crippen molar-refractivity contribution in [2.45, 2.75) is 33.0 Å². The highest BCUT2D eigenvalue weighted by Gasteiger charge is 2.34. The number of anilines is 1. The maximum absolute atomic E-state index is 13.8. The van der Waals surface area contributed by atoms with Crippen molar-refractivity contribution in [3.05, 3.63) is 82.8 Å². The van der Waals surface area contributed by atoms with E-state index in [1.807, 2.05) is 6.92 Å². The van der Waals surface area contributed by atoms with Gasteiger partial charge in [0.05, 0.1) is 30.8 Å². The summed E-state index contributed by atoms with van der Waals surface area (Å²) < 4.78 is 48.2. The minimum Gasteiger partial charge on any atom is -0.495 e. The fraction of sp³-hybridized carbons (Fsp3) is 0.286. The Hall–Kier alpha value is -4.25. The highest BCUT2D eigenvalue weighted by Crippen LogP contribution is 2.36. The lowest BCUT2D eigenvalue weighted by molar-refractivity contribution is -0.138. The van der Waals surface area contributed by atoms with Gasteiger partial charge in [0.15, 0.2) is 0 Å². The van der Waals surface area contributed by atoms with Crippen LogP contribution in [0.2, 0.25) is 0 Å². The Morgan fingerprint density at radius 3 is 2.59 bits per heavy atom. The molecule has 1 N–H and O–H groups in total. The summed E-state index contributed by atoms with van der Waals surface area (Å²) in [6.07, 6.45) is 1.42. The number of rotatable bonds is 7. The Balaban J connectivity index is 1.42. The number of nitrogens with zero attached hydrogens (tertiary/aromatic N) is 5. The second-order valence-electron chi connectivity index (χ2n) is 9.55. The maximum Gasteiger partial charge on any atom is 0.416 e. The summed E-state index contributed by atoms with van der Waals surface area (Å²) in [6.45, 7) is 5.45. The number of ether oxygens (including phenoxy) is 1. The summed E-state index contributed by atoms with van der Waals surface area (Å²) in [4.78, 5) is 19.4. The van der Waals surface area contributed by atoms with Crippen molar-refractivity contribution in [3.63, 3.8) is 0 Å². The van der Waals surface area contributed by atoms with E-state index in [0.717, 1.165) is 31.1 Å². The van der Waals surface area contributed by atoms with Crippen LogP contribution in [0.3, 0.4) is 0 Å². The van der Waals surface area contributed by atoms with E-state index in [1.54, 1.807) is 60.7 Å². The first kappa shape index (κ1) is 26.4. The van der Waals surface area contributed by atoms with E-state index in [2.05, 4.69) is 25.5 Å². The molecule has 0 aliphatic carbocycles. The number of aryl methyl sites for hydroxylation is 1. The zero-order chi connectivity index (χ0) is 27.7. The van der Waals surface area contributed by atoms with Gasteiger partial charge in [-0.05, 0) is 80.4 Å². The van der Waals surface area contributed by atoms with Crippen LogP contribution in [0, 0.1) is 13.8 Å². The number of carbonyl (C=O) groups excluding carboxylic acids is 1. The molecular weight excluding hydrogens is 509 g/mol. The second-order valence-corrected chi connectivity index (χ2v) is 9.55. The van der Waals surface area contributed by atoms with E-state index in [1.165, 1.54) is 6.92 Å². The van der Waals surface area contributed by atoms with Crippen molar-refractivity contribution in [2.24, 2.45) is 0 Å². The molecule has 2 aromatic heterocycles. The van der Waals surface area contributed by atoms with Crippen LogP contribution >= 0.6 is 0 Å². The van der Waals surface area contributed by atoms with Gasteiger partial charge in [0.2, 0.25) is 0 Å². The molecule has 1 fully saturated rings. The number of aromatic nitrogens is 4. The van der Waals surface area contributed by atoms with Gasteiger partial charge in [-0.2, -0.15) is 13.2 Å². The Labute approximate surface area is 223 Å². The van der Waals surface area contributed by atoms with Gasteiger partial charge in [0, 0.05) is 29.6 Å². The quantitative estimate of drug-likeness (QED) is 0.339. The van der Waals surface area contributed by atoms with E-state index < -0.39 is 17.6 Å². The van der Waals surface area contributed by atoms with Crippen LogP contribution in [0.4, 0.5) is 18.9 Å². The summed E-state index contributed by atoms with van der Waals surface area (Å²) in [5.74, 6) is 0.0511. The van der Waals surface area contributed by atoms with Crippen LogP contribution in [0.1, 0.15) is 39.0 Å². The molecule has 5 rings (SSSR count). The average Bonchev–Trinajstić information content (AvgIpc) is 3.37.